The fourth-order valence-electron chi connectivity index (χ4n) is 2.41. The zero-order valence-corrected chi connectivity index (χ0v) is 13.7. The van der Waals surface area contributed by atoms with Gasteiger partial charge in [-0.3, -0.25) is 9.52 Å². The van der Waals surface area contributed by atoms with Crippen molar-refractivity contribution in [1.29, 1.82) is 0 Å². The van der Waals surface area contributed by atoms with E-state index in [1.807, 2.05) is 0 Å². The lowest BCUT2D eigenvalue weighted by Crippen LogP contribution is -2.18. The van der Waals surface area contributed by atoms with Gasteiger partial charge >= 0.3 is 0 Å². The Morgan fingerprint density at radius 1 is 1.12 bits per heavy atom. The van der Waals surface area contributed by atoms with Gasteiger partial charge in [-0.2, -0.15) is 0 Å². The third-order valence-electron chi connectivity index (χ3n) is 3.67. The first-order valence-corrected chi connectivity index (χ1v) is 8.69. The van der Waals surface area contributed by atoms with E-state index in [2.05, 4.69) is 4.72 Å². The molecule has 0 saturated carbocycles. The summed E-state index contributed by atoms with van der Waals surface area (Å²) in [6, 6.07) is 9.06. The molecule has 8 heteroatoms. The summed E-state index contributed by atoms with van der Waals surface area (Å²) in [7, 11) is -3.85. The number of nitrogens with two attached hydrogens (primary N) is 1. The first-order chi connectivity index (χ1) is 11.4. The van der Waals surface area contributed by atoms with Crippen LogP contribution in [0.4, 0.5) is 5.69 Å². The Morgan fingerprint density at radius 2 is 1.83 bits per heavy atom. The molecule has 0 saturated heterocycles. The number of carbonyl (C=O) groups is 1. The van der Waals surface area contributed by atoms with Gasteiger partial charge in [-0.15, -0.1) is 0 Å². The van der Waals surface area contributed by atoms with Gasteiger partial charge in [0.05, 0.1) is 10.6 Å². The summed E-state index contributed by atoms with van der Waals surface area (Å²) in [6.45, 7) is 2.42. The van der Waals surface area contributed by atoms with Crippen LogP contribution in [0.15, 0.2) is 41.3 Å². The van der Waals surface area contributed by atoms with E-state index in [0.29, 0.717) is 36.0 Å². The van der Waals surface area contributed by atoms with Crippen LogP contribution >= 0.6 is 0 Å². The Balaban J connectivity index is 1.95. The highest BCUT2D eigenvalue weighted by Crippen LogP contribution is 2.33. The SMILES string of the molecule is Cc1c(NS(=O)(=O)c2ccc3c(c2)OCCO3)cccc1C(N)=O. The zero-order chi connectivity index (χ0) is 17.3. The fraction of sp³-hybridized carbons (Fsp3) is 0.188. The van der Waals surface area contributed by atoms with Crippen LogP contribution in [0.5, 0.6) is 11.5 Å². The Kier molecular flexibility index (Phi) is 4.06. The molecule has 0 atom stereocenters. The van der Waals surface area contributed by atoms with E-state index in [9.17, 15) is 13.2 Å². The van der Waals surface area contributed by atoms with Crippen LogP contribution in [0, 0.1) is 6.92 Å². The van der Waals surface area contributed by atoms with E-state index < -0.39 is 15.9 Å². The Labute approximate surface area is 139 Å². The maximum absolute atomic E-state index is 12.6. The van der Waals surface area contributed by atoms with Crippen molar-refractivity contribution in [2.75, 3.05) is 17.9 Å². The maximum Gasteiger partial charge on any atom is 0.262 e. The fourth-order valence-corrected chi connectivity index (χ4v) is 3.55. The molecule has 0 aliphatic carbocycles. The summed E-state index contributed by atoms with van der Waals surface area (Å²) >= 11 is 0. The number of primary amides is 1. The standard InChI is InChI=1S/C16H16N2O5S/c1-10-12(16(17)19)3-2-4-13(10)18-24(20,21)11-5-6-14-15(9-11)23-8-7-22-14/h2-6,9,18H,7-8H2,1H3,(H2,17,19). The molecule has 2 aromatic carbocycles. The smallest absolute Gasteiger partial charge is 0.262 e. The summed E-state index contributed by atoms with van der Waals surface area (Å²) in [5, 5.41) is 0. The summed E-state index contributed by atoms with van der Waals surface area (Å²) in [5.41, 5.74) is 6.31. The van der Waals surface area contributed by atoms with E-state index in [1.165, 1.54) is 12.1 Å². The molecule has 1 aliphatic heterocycles. The Bertz CT molecular complexity index is 909. The van der Waals surface area contributed by atoms with Gasteiger partial charge in [0.2, 0.25) is 5.91 Å². The van der Waals surface area contributed by atoms with Gasteiger partial charge in [0.25, 0.3) is 10.0 Å². The van der Waals surface area contributed by atoms with Crippen molar-refractivity contribution in [3.05, 3.63) is 47.5 Å². The predicted octanol–water partition coefficient (Wildman–Crippen LogP) is 1.67. The lowest BCUT2D eigenvalue weighted by atomic mass is 10.1. The van der Waals surface area contributed by atoms with Crippen LogP contribution < -0.4 is 19.9 Å². The molecule has 0 unspecified atom stereocenters. The number of hydrogen-bond acceptors (Lipinski definition) is 5. The number of ether oxygens (including phenoxy) is 2. The van der Waals surface area contributed by atoms with E-state index in [-0.39, 0.29) is 10.5 Å². The highest BCUT2D eigenvalue weighted by atomic mass is 32.2. The Morgan fingerprint density at radius 3 is 2.54 bits per heavy atom. The molecule has 3 rings (SSSR count). The molecule has 24 heavy (non-hydrogen) atoms. The van der Waals surface area contributed by atoms with Gasteiger partial charge in [0.15, 0.2) is 11.5 Å². The number of sulfonamides is 1. The molecule has 2 aromatic rings. The molecule has 0 spiro atoms. The number of anilines is 1. The van der Waals surface area contributed by atoms with E-state index in [1.54, 1.807) is 31.2 Å². The second kappa shape index (κ2) is 6.04. The van der Waals surface area contributed by atoms with Crippen molar-refractivity contribution in [3.8, 4) is 11.5 Å². The predicted molar refractivity (Wildman–Crippen MR) is 87.9 cm³/mol. The summed E-state index contributed by atoms with van der Waals surface area (Å²) in [5.74, 6) is 0.270. The second-order valence-electron chi connectivity index (χ2n) is 5.25. The molecular formula is C16H16N2O5S. The minimum Gasteiger partial charge on any atom is -0.486 e. The van der Waals surface area contributed by atoms with Crippen molar-refractivity contribution < 1.29 is 22.7 Å². The van der Waals surface area contributed by atoms with Gasteiger partial charge in [0.1, 0.15) is 13.2 Å². The third-order valence-corrected chi connectivity index (χ3v) is 5.03. The lowest BCUT2D eigenvalue weighted by molar-refractivity contribution is 0.0999. The largest absolute Gasteiger partial charge is 0.486 e. The summed E-state index contributed by atoms with van der Waals surface area (Å²) in [6.07, 6.45) is 0. The van der Waals surface area contributed by atoms with Gasteiger partial charge in [0, 0.05) is 11.6 Å². The van der Waals surface area contributed by atoms with Crippen molar-refractivity contribution >= 4 is 21.6 Å². The molecule has 1 heterocycles. The molecule has 0 aromatic heterocycles. The van der Waals surface area contributed by atoms with Gasteiger partial charge < -0.3 is 15.2 Å². The highest BCUT2D eigenvalue weighted by Gasteiger charge is 2.21. The van der Waals surface area contributed by atoms with E-state index >= 15 is 0 Å². The van der Waals surface area contributed by atoms with Crippen LogP contribution in [0.3, 0.4) is 0 Å². The lowest BCUT2D eigenvalue weighted by Gasteiger charge is -2.19. The number of fused-ring (bicyclic) bond motifs is 1. The van der Waals surface area contributed by atoms with Gasteiger partial charge in [-0.1, -0.05) is 6.07 Å². The number of benzene rings is 2. The highest BCUT2D eigenvalue weighted by molar-refractivity contribution is 7.92. The van der Waals surface area contributed by atoms with Crippen LogP contribution in [0.25, 0.3) is 0 Å². The molecule has 1 aliphatic rings. The molecule has 0 radical (unpaired) electrons. The molecule has 0 bridgehead atoms. The average Bonchev–Trinajstić information content (AvgIpc) is 2.56. The van der Waals surface area contributed by atoms with Crippen molar-refractivity contribution in [2.24, 2.45) is 5.73 Å². The quantitative estimate of drug-likeness (QED) is 0.874. The molecule has 0 fully saturated rings. The third kappa shape index (κ3) is 3.00. The number of amides is 1. The molecule has 7 nitrogen and oxygen atoms in total. The summed E-state index contributed by atoms with van der Waals surface area (Å²) in [4.78, 5) is 11.4. The monoisotopic (exact) mass is 348 g/mol. The van der Waals surface area contributed by atoms with Crippen LogP contribution in [-0.4, -0.2) is 27.5 Å². The van der Waals surface area contributed by atoms with E-state index in [4.69, 9.17) is 15.2 Å². The molecule has 126 valence electrons. The van der Waals surface area contributed by atoms with Crippen LogP contribution in [0.2, 0.25) is 0 Å². The van der Waals surface area contributed by atoms with Crippen molar-refractivity contribution in [2.45, 2.75) is 11.8 Å². The Hall–Kier alpha value is -2.74. The minimum atomic E-state index is -3.85. The topological polar surface area (TPSA) is 108 Å². The zero-order valence-electron chi connectivity index (χ0n) is 12.9. The maximum atomic E-state index is 12.6. The second-order valence-corrected chi connectivity index (χ2v) is 6.94. The molecule has 1 amide bonds. The normalized spacial score (nSPS) is 13.4. The first-order valence-electron chi connectivity index (χ1n) is 7.20. The number of rotatable bonds is 4. The number of nitrogens with one attached hydrogen (secondary N) is 1. The first kappa shape index (κ1) is 16.1. The van der Waals surface area contributed by atoms with Crippen LogP contribution in [0.1, 0.15) is 15.9 Å². The average molecular weight is 348 g/mol. The van der Waals surface area contributed by atoms with Gasteiger partial charge in [-0.05, 0) is 36.8 Å². The number of carbonyl (C=O) groups excluding carboxylic acids is 1. The van der Waals surface area contributed by atoms with Crippen molar-refractivity contribution in [3.63, 3.8) is 0 Å². The van der Waals surface area contributed by atoms with E-state index in [0.717, 1.165) is 0 Å². The molecule has 3 N–H and O–H groups in total. The number of hydrogen-bond donors (Lipinski definition) is 2. The van der Waals surface area contributed by atoms with Crippen molar-refractivity contribution in [1.82, 2.24) is 0 Å². The minimum absolute atomic E-state index is 0.0376. The van der Waals surface area contributed by atoms with Crippen LogP contribution in [-0.2, 0) is 10.0 Å². The van der Waals surface area contributed by atoms with Gasteiger partial charge in [-0.25, -0.2) is 8.42 Å². The summed E-state index contributed by atoms with van der Waals surface area (Å²) < 4.78 is 38.5. The molecular weight excluding hydrogens is 332 g/mol.